The number of carbonyl (C=O) groups excluding carboxylic acids is 1. The average Bonchev–Trinajstić information content (AvgIpc) is 2.86. The maximum Gasteiger partial charge on any atom is 0.263 e. The van der Waals surface area contributed by atoms with Crippen molar-refractivity contribution in [1.29, 1.82) is 0 Å². The van der Waals surface area contributed by atoms with Crippen LogP contribution in [0.4, 0.5) is 0 Å². The summed E-state index contributed by atoms with van der Waals surface area (Å²) in [6.45, 7) is 6.38. The predicted octanol–water partition coefficient (Wildman–Crippen LogP) is 3.35. The van der Waals surface area contributed by atoms with E-state index in [9.17, 15) is 4.79 Å². The lowest BCUT2D eigenvalue weighted by Gasteiger charge is -2.34. The minimum Gasteiger partial charge on any atom is -0.337 e. The molecule has 0 N–H and O–H groups in total. The Morgan fingerprint density at radius 3 is 2.67 bits per heavy atom. The van der Waals surface area contributed by atoms with Crippen LogP contribution in [0.5, 0.6) is 0 Å². The van der Waals surface area contributed by atoms with E-state index in [0.717, 1.165) is 18.0 Å². The van der Waals surface area contributed by atoms with Crippen LogP contribution >= 0.6 is 11.3 Å². The quantitative estimate of drug-likeness (QED) is 0.761. The highest BCUT2D eigenvalue weighted by Gasteiger charge is 2.28. The Hall–Kier alpha value is -0.830. The Bertz CT molecular complexity index is 434. The first-order valence-corrected chi connectivity index (χ1v) is 7.86. The van der Waals surface area contributed by atoms with E-state index in [1.165, 1.54) is 36.1 Å². The molecule has 2 heterocycles. The number of thiophene rings is 1. The number of piperidine rings is 1. The second-order valence-corrected chi connectivity index (χ2v) is 7.21. The van der Waals surface area contributed by atoms with E-state index < -0.39 is 0 Å². The Labute approximate surface area is 113 Å². The number of carbonyl (C=O) groups is 1. The molecule has 0 radical (unpaired) electrons. The molecule has 0 spiro atoms. The molecule has 2 aliphatic rings. The fourth-order valence-electron chi connectivity index (χ4n) is 3.42. The first kappa shape index (κ1) is 12.2. The van der Waals surface area contributed by atoms with Crippen molar-refractivity contribution in [2.45, 2.75) is 39.5 Å². The predicted molar refractivity (Wildman–Crippen MR) is 75.2 cm³/mol. The van der Waals surface area contributed by atoms with E-state index in [1.807, 2.05) is 0 Å². The molecule has 1 saturated heterocycles. The number of fused-ring (bicyclic) bond motifs is 1. The normalized spacial score (nSPS) is 27.3. The molecule has 3 rings (SSSR count). The van der Waals surface area contributed by atoms with Crippen molar-refractivity contribution in [3.63, 3.8) is 0 Å². The van der Waals surface area contributed by atoms with Gasteiger partial charge in [0.05, 0.1) is 4.88 Å². The topological polar surface area (TPSA) is 20.3 Å². The molecule has 1 aromatic rings. The molecule has 1 aromatic heterocycles. The van der Waals surface area contributed by atoms with Gasteiger partial charge in [-0.1, -0.05) is 13.8 Å². The Morgan fingerprint density at radius 1 is 1.28 bits per heavy atom. The number of aryl methyl sites for hydroxylation is 2. The van der Waals surface area contributed by atoms with Gasteiger partial charge in [-0.25, -0.2) is 0 Å². The average molecular weight is 263 g/mol. The number of hydrogen-bond donors (Lipinski definition) is 0. The minimum atomic E-state index is 0.271. The molecule has 0 unspecified atom stereocenters. The highest BCUT2D eigenvalue weighted by molar-refractivity contribution is 7.14. The molecule has 1 amide bonds. The van der Waals surface area contributed by atoms with E-state index >= 15 is 0 Å². The third-order valence-corrected chi connectivity index (χ3v) is 5.34. The van der Waals surface area contributed by atoms with E-state index in [1.54, 1.807) is 11.3 Å². The van der Waals surface area contributed by atoms with Gasteiger partial charge in [0.15, 0.2) is 0 Å². The van der Waals surface area contributed by atoms with Crippen molar-refractivity contribution >= 4 is 17.2 Å². The van der Waals surface area contributed by atoms with Crippen LogP contribution in [0.25, 0.3) is 0 Å². The Morgan fingerprint density at radius 2 is 2.00 bits per heavy atom. The van der Waals surface area contributed by atoms with Gasteiger partial charge in [-0.3, -0.25) is 4.79 Å². The molecule has 98 valence electrons. The van der Waals surface area contributed by atoms with Crippen LogP contribution in [0.1, 0.15) is 46.8 Å². The molecule has 18 heavy (non-hydrogen) atoms. The van der Waals surface area contributed by atoms with E-state index in [4.69, 9.17) is 0 Å². The van der Waals surface area contributed by atoms with Crippen LogP contribution in [0.3, 0.4) is 0 Å². The van der Waals surface area contributed by atoms with Crippen LogP contribution in [-0.2, 0) is 12.8 Å². The fourth-order valence-corrected chi connectivity index (χ4v) is 4.64. The number of likely N-dealkylation sites (tertiary alicyclic amines) is 1. The summed E-state index contributed by atoms with van der Waals surface area (Å²) >= 11 is 1.73. The standard InChI is InChI=1S/C15H21NOS/c1-10-6-11(2)9-16(8-10)15(17)14-7-12-4-3-5-13(12)18-14/h7,10-11H,3-6,8-9H2,1-2H3/t10-,11-/m0/s1. The van der Waals surface area contributed by atoms with Crippen LogP contribution in [0.15, 0.2) is 6.07 Å². The molecular weight excluding hydrogens is 242 g/mol. The lowest BCUT2D eigenvalue weighted by atomic mass is 9.92. The molecule has 2 nitrogen and oxygen atoms in total. The maximum atomic E-state index is 12.5. The lowest BCUT2D eigenvalue weighted by Crippen LogP contribution is -2.42. The summed E-state index contributed by atoms with van der Waals surface area (Å²) < 4.78 is 0. The summed E-state index contributed by atoms with van der Waals surface area (Å²) in [5.41, 5.74) is 1.43. The van der Waals surface area contributed by atoms with Crippen LogP contribution in [-0.4, -0.2) is 23.9 Å². The molecule has 1 aliphatic carbocycles. The minimum absolute atomic E-state index is 0.271. The zero-order chi connectivity index (χ0) is 12.7. The number of rotatable bonds is 1. The van der Waals surface area contributed by atoms with Gasteiger partial charge in [-0.2, -0.15) is 0 Å². The van der Waals surface area contributed by atoms with Crippen molar-refractivity contribution < 1.29 is 4.79 Å². The maximum absolute atomic E-state index is 12.5. The summed E-state index contributed by atoms with van der Waals surface area (Å²) in [5.74, 6) is 1.56. The van der Waals surface area contributed by atoms with Gasteiger partial charge in [0.2, 0.25) is 0 Å². The second-order valence-electron chi connectivity index (χ2n) is 6.07. The van der Waals surface area contributed by atoms with Crippen molar-refractivity contribution in [3.05, 3.63) is 21.4 Å². The molecule has 1 fully saturated rings. The summed E-state index contributed by atoms with van der Waals surface area (Å²) in [7, 11) is 0. The first-order valence-electron chi connectivity index (χ1n) is 7.04. The van der Waals surface area contributed by atoms with Gasteiger partial charge >= 0.3 is 0 Å². The third-order valence-electron chi connectivity index (χ3n) is 4.11. The van der Waals surface area contributed by atoms with Crippen LogP contribution in [0, 0.1) is 11.8 Å². The summed E-state index contributed by atoms with van der Waals surface area (Å²) in [5, 5.41) is 0. The molecule has 2 atom stereocenters. The van der Waals surface area contributed by atoms with Gasteiger partial charge in [0.1, 0.15) is 0 Å². The summed E-state index contributed by atoms with van der Waals surface area (Å²) in [6, 6.07) is 2.15. The Balaban J connectivity index is 1.77. The molecule has 0 aromatic carbocycles. The van der Waals surface area contributed by atoms with Gasteiger partial charge in [0.25, 0.3) is 5.91 Å². The van der Waals surface area contributed by atoms with Crippen molar-refractivity contribution in [1.82, 2.24) is 4.90 Å². The highest BCUT2D eigenvalue weighted by Crippen LogP contribution is 2.32. The van der Waals surface area contributed by atoms with Crippen LogP contribution in [0.2, 0.25) is 0 Å². The smallest absolute Gasteiger partial charge is 0.263 e. The molecule has 0 bridgehead atoms. The van der Waals surface area contributed by atoms with Crippen molar-refractivity contribution in [2.75, 3.05) is 13.1 Å². The molecule has 3 heteroatoms. The summed E-state index contributed by atoms with van der Waals surface area (Å²) in [6.07, 6.45) is 4.88. The van der Waals surface area contributed by atoms with Crippen molar-refractivity contribution in [2.24, 2.45) is 11.8 Å². The van der Waals surface area contributed by atoms with E-state index in [-0.39, 0.29) is 5.91 Å². The lowest BCUT2D eigenvalue weighted by molar-refractivity contribution is 0.0628. The summed E-state index contributed by atoms with van der Waals surface area (Å²) in [4.78, 5) is 17.0. The molecule has 1 aliphatic heterocycles. The number of amides is 1. The number of nitrogens with zero attached hydrogens (tertiary/aromatic N) is 1. The second kappa shape index (κ2) is 4.69. The fraction of sp³-hybridized carbons (Fsp3) is 0.667. The zero-order valence-electron chi connectivity index (χ0n) is 11.2. The van der Waals surface area contributed by atoms with Gasteiger partial charge in [-0.15, -0.1) is 11.3 Å². The molecular formula is C15H21NOS. The van der Waals surface area contributed by atoms with Gasteiger partial charge in [0, 0.05) is 18.0 Å². The zero-order valence-corrected chi connectivity index (χ0v) is 12.1. The first-order chi connectivity index (χ1) is 8.63. The monoisotopic (exact) mass is 263 g/mol. The third kappa shape index (κ3) is 2.20. The highest BCUT2D eigenvalue weighted by atomic mass is 32.1. The molecule has 0 saturated carbocycles. The van der Waals surface area contributed by atoms with Crippen molar-refractivity contribution in [3.8, 4) is 0 Å². The number of hydrogen-bond acceptors (Lipinski definition) is 2. The van der Waals surface area contributed by atoms with E-state index in [0.29, 0.717) is 11.8 Å². The largest absolute Gasteiger partial charge is 0.337 e. The SMILES string of the molecule is C[C@H]1C[C@H](C)CN(C(=O)c2cc3c(s2)CCC3)C1. The van der Waals surface area contributed by atoms with E-state index in [2.05, 4.69) is 24.8 Å². The van der Waals surface area contributed by atoms with Crippen LogP contribution < -0.4 is 0 Å². The van der Waals surface area contributed by atoms with Gasteiger partial charge < -0.3 is 4.90 Å². The van der Waals surface area contributed by atoms with Gasteiger partial charge in [-0.05, 0) is 49.1 Å². The Kier molecular flexibility index (Phi) is 3.18.